The van der Waals surface area contributed by atoms with E-state index in [0.717, 1.165) is 39.4 Å². The first-order chi connectivity index (χ1) is 19.8. The molecule has 1 heterocycles. The largest absolute Gasteiger partial charge is 1.00 e. The van der Waals surface area contributed by atoms with Crippen molar-refractivity contribution in [3.63, 3.8) is 0 Å². The Bertz CT molecular complexity index is 1340. The van der Waals surface area contributed by atoms with Crippen molar-refractivity contribution in [2.45, 2.75) is 84.5 Å². The van der Waals surface area contributed by atoms with Gasteiger partial charge >= 0.3 is 18.9 Å². The van der Waals surface area contributed by atoms with Crippen molar-refractivity contribution in [2.75, 3.05) is 12.0 Å². The van der Waals surface area contributed by atoms with Crippen LogP contribution in [0.25, 0.3) is 11.1 Å². The average Bonchev–Trinajstić information content (AvgIpc) is 3.31. The second-order valence-corrected chi connectivity index (χ2v) is 13.3. The molecule has 1 N–H and O–H groups in total. The van der Waals surface area contributed by atoms with Gasteiger partial charge in [-0.05, 0) is 85.9 Å². The van der Waals surface area contributed by atoms with Crippen LogP contribution >= 0.6 is 23.1 Å². The Balaban J connectivity index is 0.00000484. The van der Waals surface area contributed by atoms with Crippen molar-refractivity contribution < 1.29 is 38.3 Å². The molecule has 0 spiro atoms. The van der Waals surface area contributed by atoms with Crippen LogP contribution in [0.1, 0.15) is 88.1 Å². The average molecular weight is 601 g/mol. The molecule has 0 aliphatic heterocycles. The van der Waals surface area contributed by atoms with Crippen LogP contribution in [-0.2, 0) is 16.1 Å². The maximum atomic E-state index is 13.4. The zero-order chi connectivity index (χ0) is 29.4. The number of hydrogen-bond acceptors (Lipinski definition) is 7. The number of aliphatic carboxylic acids is 1. The van der Waals surface area contributed by atoms with E-state index >= 15 is 0 Å². The number of nitrogens with zero attached hydrogens (tertiary/aromatic N) is 1. The van der Waals surface area contributed by atoms with Gasteiger partial charge in [0.05, 0.1) is 40.3 Å². The fraction of sp³-hybridized carbons (Fsp3) is 0.485. The van der Waals surface area contributed by atoms with Crippen LogP contribution in [0.15, 0.2) is 42.5 Å². The Kier molecular flexibility index (Phi) is 13.7. The van der Waals surface area contributed by atoms with Crippen molar-refractivity contribution in [3.05, 3.63) is 74.7 Å². The van der Waals surface area contributed by atoms with Crippen molar-refractivity contribution >= 4 is 35.0 Å². The molecule has 0 saturated heterocycles. The van der Waals surface area contributed by atoms with E-state index in [9.17, 15) is 14.7 Å². The van der Waals surface area contributed by atoms with E-state index < -0.39 is 17.9 Å². The molecule has 1 aliphatic rings. The van der Waals surface area contributed by atoms with Crippen molar-refractivity contribution in [2.24, 2.45) is 5.92 Å². The smallest absolute Gasteiger partial charge is 0.548 e. The maximum absolute atomic E-state index is 13.4. The number of nitrogens with one attached hydrogen (secondary N) is 1. The zero-order valence-electron chi connectivity index (χ0n) is 25.5. The fourth-order valence-corrected chi connectivity index (χ4v) is 7.18. The van der Waals surface area contributed by atoms with E-state index in [-0.39, 0.29) is 25.0 Å². The van der Waals surface area contributed by atoms with Crippen LogP contribution in [0.2, 0.25) is 0 Å². The molecule has 0 radical (unpaired) electrons. The Morgan fingerprint density at radius 1 is 1.10 bits per heavy atom. The quantitative estimate of drug-likeness (QED) is 0.302. The summed E-state index contributed by atoms with van der Waals surface area (Å²) in [5.41, 5.74) is 5.17. The molecule has 2 aromatic carbocycles. The third-order valence-electron chi connectivity index (χ3n) is 7.92. The number of rotatable bonds is 13. The van der Waals surface area contributed by atoms with Gasteiger partial charge in [0, 0.05) is 5.56 Å². The molecular weight excluding hydrogens is 559 g/mol. The third kappa shape index (κ3) is 9.21. The number of benzene rings is 2. The number of aryl methyl sites for hydroxylation is 3. The molecule has 42 heavy (non-hydrogen) atoms. The predicted octanol–water partition coefficient (Wildman–Crippen LogP) is 3.57. The minimum atomic E-state index is -1.27. The van der Waals surface area contributed by atoms with Gasteiger partial charge in [-0.1, -0.05) is 62.4 Å². The Morgan fingerprint density at radius 3 is 2.48 bits per heavy atom. The van der Waals surface area contributed by atoms with Gasteiger partial charge in [-0.2, -0.15) is 11.8 Å². The molecule has 4 rings (SSSR count). The van der Waals surface area contributed by atoms with E-state index in [1.165, 1.54) is 48.7 Å². The summed E-state index contributed by atoms with van der Waals surface area (Å²) in [6, 6.07) is 12.6. The topological polar surface area (TPSA) is 91.3 Å². The summed E-state index contributed by atoms with van der Waals surface area (Å²) in [7, 11) is 0. The minimum Gasteiger partial charge on any atom is -0.548 e. The normalized spacial score (nSPS) is 15.0. The summed E-state index contributed by atoms with van der Waals surface area (Å²) in [6.45, 7) is 6.53. The summed E-state index contributed by atoms with van der Waals surface area (Å²) in [6.07, 6.45) is 9.59. The molecule has 1 aliphatic carbocycles. The first-order valence-electron chi connectivity index (χ1n) is 14.5. The summed E-state index contributed by atoms with van der Waals surface area (Å²) < 4.78 is 6.65. The van der Waals surface area contributed by atoms with Crippen LogP contribution < -0.4 is 29.3 Å². The molecule has 220 valence electrons. The number of hydrogen-bond donors (Lipinski definition) is 1. The molecule has 3 aromatic rings. The van der Waals surface area contributed by atoms with Crippen LogP contribution in [0.5, 0.6) is 0 Å². The molecule has 0 bridgehead atoms. The van der Waals surface area contributed by atoms with Crippen LogP contribution in [0, 0.1) is 26.7 Å². The van der Waals surface area contributed by atoms with Crippen molar-refractivity contribution in [1.82, 2.24) is 10.3 Å². The first kappa shape index (κ1) is 34.4. The van der Waals surface area contributed by atoms with E-state index in [1.54, 1.807) is 17.4 Å². The van der Waals surface area contributed by atoms with Gasteiger partial charge in [0.15, 0.2) is 0 Å². The number of thioether (sulfide) groups is 1. The second kappa shape index (κ2) is 16.7. The molecule has 1 saturated carbocycles. The van der Waals surface area contributed by atoms with Crippen LogP contribution in [0.4, 0.5) is 0 Å². The molecule has 9 heteroatoms. The molecule has 1 aromatic heterocycles. The Hall–Kier alpha value is -2.08. The van der Waals surface area contributed by atoms with Crippen molar-refractivity contribution in [1.29, 1.82) is 0 Å². The van der Waals surface area contributed by atoms with E-state index in [2.05, 4.69) is 17.2 Å². The number of amides is 1. The molecule has 1 amide bonds. The van der Waals surface area contributed by atoms with Gasteiger partial charge in [0.2, 0.25) is 0 Å². The minimum absolute atomic E-state index is 0. The van der Waals surface area contributed by atoms with Gasteiger partial charge in [-0.15, -0.1) is 11.3 Å². The fourth-order valence-electron chi connectivity index (χ4n) is 5.72. The summed E-state index contributed by atoms with van der Waals surface area (Å²) in [4.78, 5) is 31.0. The number of thiazole rings is 1. The van der Waals surface area contributed by atoms with Gasteiger partial charge in [-0.3, -0.25) is 4.79 Å². The summed E-state index contributed by atoms with van der Waals surface area (Å²) in [5.74, 6) is -0.419. The van der Waals surface area contributed by atoms with E-state index in [4.69, 9.17) is 4.74 Å². The first-order valence-corrected chi connectivity index (χ1v) is 16.7. The SMILES string of the molecule is CSCC[C@H](NC(=O)c1ccc(COC(CC2CCCCC2)c2sc(C)nc2C)cc1-c1ccccc1C)C(=O)[O-].[Li+]. The third-order valence-corrected chi connectivity index (χ3v) is 9.73. The number of ether oxygens (including phenoxy) is 1. The van der Waals surface area contributed by atoms with Gasteiger partial charge in [0.1, 0.15) is 0 Å². The number of carbonyl (C=O) groups is 2. The van der Waals surface area contributed by atoms with E-state index in [0.29, 0.717) is 30.3 Å². The maximum Gasteiger partial charge on any atom is 1.00 e. The number of carbonyl (C=O) groups excluding carboxylic acids is 2. The van der Waals surface area contributed by atoms with Gasteiger partial charge in [0.25, 0.3) is 5.91 Å². The zero-order valence-corrected chi connectivity index (χ0v) is 27.2. The monoisotopic (exact) mass is 600 g/mol. The number of aromatic nitrogens is 1. The summed E-state index contributed by atoms with van der Waals surface area (Å²) in [5, 5.41) is 15.5. The Labute approximate surface area is 270 Å². The number of carboxylic acids is 1. The van der Waals surface area contributed by atoms with Crippen LogP contribution in [-0.4, -0.2) is 34.9 Å². The molecular formula is C33H41LiN2O4S2. The van der Waals surface area contributed by atoms with Crippen LogP contribution in [0.3, 0.4) is 0 Å². The standard InChI is InChI=1S/C33H42N2O4S2.Li/c1-21-10-8-9-13-26(21)28-18-25(14-15-27(28)32(36)35-29(33(37)38)16-17-40-4)20-39-30(19-24-11-6-5-7-12-24)31-22(2)34-23(3)41-31;/h8-10,13-15,18,24,29-30H,5-7,11-12,16-17,19-20H2,1-4H3,(H,35,36)(H,37,38);/q;+1/p-1/t29-,30?;/m0./s1. The predicted molar refractivity (Wildman–Crippen MR) is 166 cm³/mol. The van der Waals surface area contributed by atoms with E-state index in [1.807, 2.05) is 56.5 Å². The van der Waals surface area contributed by atoms with Gasteiger partial charge < -0.3 is 20.0 Å². The molecule has 2 atom stereocenters. The summed E-state index contributed by atoms with van der Waals surface area (Å²) >= 11 is 3.26. The Morgan fingerprint density at radius 2 is 1.83 bits per heavy atom. The van der Waals surface area contributed by atoms with Crippen molar-refractivity contribution in [3.8, 4) is 11.1 Å². The number of carboxylic acid groups (broad SMARTS) is 1. The molecule has 1 unspecified atom stereocenters. The van der Waals surface area contributed by atoms with Gasteiger partial charge in [-0.25, -0.2) is 4.98 Å². The second-order valence-electron chi connectivity index (χ2n) is 11.0. The molecule has 6 nitrogen and oxygen atoms in total. The molecule has 1 fully saturated rings.